The number of carbonyl (C=O) groups excluding carboxylic acids is 1. The third-order valence-electron chi connectivity index (χ3n) is 4.16. The first kappa shape index (κ1) is 16.2. The number of aromatic nitrogens is 1. The van der Waals surface area contributed by atoms with Crippen LogP contribution in [0.4, 0.5) is 0 Å². The van der Waals surface area contributed by atoms with Gasteiger partial charge < -0.3 is 4.90 Å². The fourth-order valence-corrected chi connectivity index (χ4v) is 2.85. The van der Waals surface area contributed by atoms with Crippen LogP contribution in [0.25, 0.3) is 10.8 Å². The molecule has 0 unspecified atom stereocenters. The van der Waals surface area contributed by atoms with Crippen LogP contribution in [-0.4, -0.2) is 22.3 Å². The highest BCUT2D eigenvalue weighted by Gasteiger charge is 2.19. The zero-order valence-electron chi connectivity index (χ0n) is 14.0. The van der Waals surface area contributed by atoms with Crippen molar-refractivity contribution in [2.45, 2.75) is 26.3 Å². The molecule has 0 radical (unpaired) electrons. The van der Waals surface area contributed by atoms with Crippen LogP contribution in [0.2, 0.25) is 0 Å². The number of pyridine rings is 1. The van der Waals surface area contributed by atoms with E-state index in [2.05, 4.69) is 24.0 Å². The Hall–Kier alpha value is -2.68. The summed E-state index contributed by atoms with van der Waals surface area (Å²) in [7, 11) is 0. The third-order valence-corrected chi connectivity index (χ3v) is 4.16. The molecule has 24 heavy (non-hydrogen) atoms. The molecule has 122 valence electrons. The minimum atomic E-state index is 0.00380. The van der Waals surface area contributed by atoms with E-state index in [9.17, 15) is 4.79 Å². The fraction of sp³-hybridized carbons (Fsp3) is 0.238. The van der Waals surface area contributed by atoms with E-state index in [1.165, 1.54) is 0 Å². The summed E-state index contributed by atoms with van der Waals surface area (Å²) in [5.41, 5.74) is 1.68. The molecule has 0 aliphatic carbocycles. The summed E-state index contributed by atoms with van der Waals surface area (Å²) in [6, 6.07) is 20.0. The van der Waals surface area contributed by atoms with Crippen molar-refractivity contribution in [3.8, 4) is 0 Å². The topological polar surface area (TPSA) is 33.2 Å². The Morgan fingerprint density at radius 1 is 1.00 bits per heavy atom. The molecular formula is C21H22N2O. The summed E-state index contributed by atoms with van der Waals surface area (Å²) in [5, 5.41) is 1.96. The molecule has 3 rings (SSSR count). The maximum atomic E-state index is 13.1. The van der Waals surface area contributed by atoms with Gasteiger partial charge in [-0.3, -0.25) is 9.78 Å². The molecule has 1 aromatic heterocycles. The van der Waals surface area contributed by atoms with Crippen molar-refractivity contribution in [2.75, 3.05) is 6.54 Å². The molecule has 0 spiro atoms. The molecule has 2 aromatic carbocycles. The molecule has 0 saturated heterocycles. The summed E-state index contributed by atoms with van der Waals surface area (Å²) in [6.45, 7) is 3.50. The van der Waals surface area contributed by atoms with E-state index in [1.807, 2.05) is 53.4 Å². The zero-order chi connectivity index (χ0) is 16.8. The van der Waals surface area contributed by atoms with Crippen LogP contribution >= 0.6 is 0 Å². The maximum absolute atomic E-state index is 13.1. The average Bonchev–Trinajstić information content (AvgIpc) is 2.65. The first-order chi connectivity index (χ1) is 11.8. The number of hydrogen-bond acceptors (Lipinski definition) is 2. The third kappa shape index (κ3) is 3.62. The van der Waals surface area contributed by atoms with Gasteiger partial charge in [-0.05, 0) is 23.4 Å². The molecule has 0 fully saturated rings. The van der Waals surface area contributed by atoms with E-state index in [-0.39, 0.29) is 5.91 Å². The predicted molar refractivity (Wildman–Crippen MR) is 97.8 cm³/mol. The number of carbonyl (C=O) groups is 1. The highest BCUT2D eigenvalue weighted by atomic mass is 16.2. The van der Waals surface area contributed by atoms with Gasteiger partial charge in [0, 0.05) is 24.7 Å². The van der Waals surface area contributed by atoms with Gasteiger partial charge in [0.1, 0.15) is 5.69 Å². The van der Waals surface area contributed by atoms with Crippen molar-refractivity contribution in [1.82, 2.24) is 9.88 Å². The first-order valence-electron chi connectivity index (χ1n) is 8.46. The Morgan fingerprint density at radius 3 is 2.54 bits per heavy atom. The molecule has 3 heteroatoms. The molecule has 0 saturated carbocycles. The lowest BCUT2D eigenvalue weighted by molar-refractivity contribution is 0.0737. The van der Waals surface area contributed by atoms with Crippen LogP contribution in [0.3, 0.4) is 0 Å². The lowest BCUT2D eigenvalue weighted by Gasteiger charge is -2.23. The molecule has 0 N–H and O–H groups in total. The summed E-state index contributed by atoms with van der Waals surface area (Å²) >= 11 is 0. The van der Waals surface area contributed by atoms with Gasteiger partial charge in [0.25, 0.3) is 5.91 Å². The van der Waals surface area contributed by atoms with Gasteiger partial charge in [0.2, 0.25) is 0 Å². The number of unbranched alkanes of at least 4 members (excludes halogenated alkanes) is 1. The van der Waals surface area contributed by atoms with Crippen LogP contribution in [0.15, 0.2) is 66.9 Å². The Kier molecular flexibility index (Phi) is 5.22. The summed E-state index contributed by atoms with van der Waals surface area (Å²) < 4.78 is 0. The van der Waals surface area contributed by atoms with Gasteiger partial charge in [-0.25, -0.2) is 0 Å². The molecule has 0 bridgehead atoms. The summed E-state index contributed by atoms with van der Waals surface area (Å²) in [5.74, 6) is 0.00380. The highest BCUT2D eigenvalue weighted by molar-refractivity contribution is 6.05. The van der Waals surface area contributed by atoms with Crippen LogP contribution in [-0.2, 0) is 6.54 Å². The second-order valence-electron chi connectivity index (χ2n) is 5.95. The number of fused-ring (bicyclic) bond motifs is 1. The van der Waals surface area contributed by atoms with E-state index in [1.54, 1.807) is 6.20 Å². The largest absolute Gasteiger partial charge is 0.333 e. The van der Waals surface area contributed by atoms with E-state index >= 15 is 0 Å². The van der Waals surface area contributed by atoms with Crippen molar-refractivity contribution < 1.29 is 4.79 Å². The van der Waals surface area contributed by atoms with Gasteiger partial charge in [-0.15, -0.1) is 0 Å². The smallest absolute Gasteiger partial charge is 0.273 e. The SMILES string of the molecule is CCCCN(Cc1ccccc1)C(=O)c1nccc2ccccc12. The standard InChI is InChI=1S/C21H22N2O/c1-2-3-15-23(16-17-9-5-4-6-10-17)21(24)20-19-12-8-7-11-18(19)13-14-22-20/h4-14H,2-3,15-16H2,1H3. The minimum absolute atomic E-state index is 0.00380. The highest BCUT2D eigenvalue weighted by Crippen LogP contribution is 2.19. The van der Waals surface area contributed by atoms with Gasteiger partial charge in [0.15, 0.2) is 0 Å². The van der Waals surface area contributed by atoms with E-state index in [0.717, 1.165) is 35.7 Å². The van der Waals surface area contributed by atoms with Gasteiger partial charge in [-0.2, -0.15) is 0 Å². The van der Waals surface area contributed by atoms with Crippen LogP contribution in [0, 0.1) is 0 Å². The second kappa shape index (κ2) is 7.73. The number of amides is 1. The molecular weight excluding hydrogens is 296 g/mol. The van der Waals surface area contributed by atoms with E-state index in [0.29, 0.717) is 12.2 Å². The quantitative estimate of drug-likeness (QED) is 0.661. The van der Waals surface area contributed by atoms with Crippen LogP contribution in [0.5, 0.6) is 0 Å². The van der Waals surface area contributed by atoms with Crippen LogP contribution < -0.4 is 0 Å². The molecule has 1 amide bonds. The Morgan fingerprint density at radius 2 is 1.75 bits per heavy atom. The lowest BCUT2D eigenvalue weighted by atomic mass is 10.1. The molecule has 0 aliphatic rings. The summed E-state index contributed by atoms with van der Waals surface area (Å²) in [4.78, 5) is 19.4. The molecule has 3 aromatic rings. The van der Waals surface area contributed by atoms with E-state index < -0.39 is 0 Å². The molecule has 0 aliphatic heterocycles. The van der Waals surface area contributed by atoms with Crippen molar-refractivity contribution in [3.63, 3.8) is 0 Å². The maximum Gasteiger partial charge on any atom is 0.273 e. The molecule has 3 nitrogen and oxygen atoms in total. The van der Waals surface area contributed by atoms with E-state index in [4.69, 9.17) is 0 Å². The van der Waals surface area contributed by atoms with Crippen molar-refractivity contribution in [1.29, 1.82) is 0 Å². The van der Waals surface area contributed by atoms with Crippen LogP contribution in [0.1, 0.15) is 35.8 Å². The monoisotopic (exact) mass is 318 g/mol. The second-order valence-corrected chi connectivity index (χ2v) is 5.95. The minimum Gasteiger partial charge on any atom is -0.333 e. The van der Waals surface area contributed by atoms with Gasteiger partial charge in [0.05, 0.1) is 0 Å². The predicted octanol–water partition coefficient (Wildman–Crippen LogP) is 4.68. The van der Waals surface area contributed by atoms with Crippen molar-refractivity contribution in [2.24, 2.45) is 0 Å². The normalized spacial score (nSPS) is 10.7. The van der Waals surface area contributed by atoms with Gasteiger partial charge >= 0.3 is 0 Å². The van der Waals surface area contributed by atoms with Crippen molar-refractivity contribution in [3.05, 3.63) is 78.1 Å². The number of rotatable bonds is 6. The van der Waals surface area contributed by atoms with Crippen molar-refractivity contribution >= 4 is 16.7 Å². The Labute approximate surface area is 143 Å². The summed E-state index contributed by atoms with van der Waals surface area (Å²) in [6.07, 6.45) is 3.76. The Bertz CT molecular complexity index is 809. The molecule has 0 atom stereocenters. The number of benzene rings is 2. The fourth-order valence-electron chi connectivity index (χ4n) is 2.85. The number of hydrogen-bond donors (Lipinski definition) is 0. The molecule has 1 heterocycles. The lowest BCUT2D eigenvalue weighted by Crippen LogP contribution is -2.32. The Balaban J connectivity index is 1.92. The number of nitrogens with zero attached hydrogens (tertiary/aromatic N) is 2. The zero-order valence-corrected chi connectivity index (χ0v) is 14.0. The average molecular weight is 318 g/mol. The first-order valence-corrected chi connectivity index (χ1v) is 8.46. The van der Waals surface area contributed by atoms with Gasteiger partial charge in [-0.1, -0.05) is 67.9 Å².